The molecule has 1 N–H and O–H groups in total. The SMILES string of the molecule is C#CCN(CC)Cc1csc(CNCCC)n1. The van der Waals surface area contributed by atoms with Gasteiger partial charge in [-0.2, -0.15) is 0 Å². The zero-order chi connectivity index (χ0) is 12.5. The van der Waals surface area contributed by atoms with E-state index in [1.807, 2.05) is 0 Å². The molecule has 0 radical (unpaired) electrons. The third-order valence-corrected chi connectivity index (χ3v) is 3.35. The molecule has 0 saturated carbocycles. The van der Waals surface area contributed by atoms with Crippen LogP contribution in [-0.2, 0) is 13.1 Å². The number of hydrogen-bond acceptors (Lipinski definition) is 4. The number of rotatable bonds is 8. The molecule has 0 aliphatic heterocycles. The lowest BCUT2D eigenvalue weighted by molar-refractivity contribution is 0.312. The molecule has 1 heterocycles. The fourth-order valence-electron chi connectivity index (χ4n) is 1.51. The second kappa shape index (κ2) is 8.24. The minimum atomic E-state index is 0.692. The maximum absolute atomic E-state index is 5.33. The van der Waals surface area contributed by atoms with Crippen LogP contribution in [0.1, 0.15) is 31.0 Å². The molecular weight excluding hydrogens is 230 g/mol. The van der Waals surface area contributed by atoms with Crippen molar-refractivity contribution in [1.82, 2.24) is 15.2 Å². The average molecular weight is 251 g/mol. The van der Waals surface area contributed by atoms with Gasteiger partial charge in [-0.3, -0.25) is 4.90 Å². The first-order chi connectivity index (χ1) is 8.30. The van der Waals surface area contributed by atoms with Crippen LogP contribution in [-0.4, -0.2) is 29.5 Å². The molecule has 0 amide bonds. The van der Waals surface area contributed by atoms with Crippen molar-refractivity contribution in [3.05, 3.63) is 16.1 Å². The molecule has 0 fully saturated rings. The molecule has 1 aromatic rings. The van der Waals surface area contributed by atoms with Gasteiger partial charge in [-0.25, -0.2) is 4.98 Å². The Bertz CT molecular complexity index is 354. The molecule has 0 saturated heterocycles. The predicted octanol–water partition coefficient (Wildman–Crippen LogP) is 2.10. The molecule has 0 unspecified atom stereocenters. The number of thiazole rings is 1. The number of aromatic nitrogens is 1. The molecule has 0 atom stereocenters. The van der Waals surface area contributed by atoms with Crippen molar-refractivity contribution in [3.63, 3.8) is 0 Å². The highest BCUT2D eigenvalue weighted by Crippen LogP contribution is 2.11. The first-order valence-corrected chi connectivity index (χ1v) is 6.97. The molecule has 94 valence electrons. The van der Waals surface area contributed by atoms with Gasteiger partial charge in [-0.1, -0.05) is 19.8 Å². The van der Waals surface area contributed by atoms with Gasteiger partial charge in [0, 0.05) is 18.5 Å². The van der Waals surface area contributed by atoms with Crippen LogP contribution in [0.5, 0.6) is 0 Å². The van der Waals surface area contributed by atoms with Crippen LogP contribution in [0.2, 0.25) is 0 Å². The molecule has 17 heavy (non-hydrogen) atoms. The summed E-state index contributed by atoms with van der Waals surface area (Å²) in [6.07, 6.45) is 6.48. The van der Waals surface area contributed by atoms with E-state index in [4.69, 9.17) is 6.42 Å². The van der Waals surface area contributed by atoms with E-state index in [-0.39, 0.29) is 0 Å². The Morgan fingerprint density at radius 3 is 3.00 bits per heavy atom. The zero-order valence-corrected chi connectivity index (χ0v) is 11.5. The molecular formula is C13H21N3S. The summed E-state index contributed by atoms with van der Waals surface area (Å²) in [5.41, 5.74) is 1.13. The summed E-state index contributed by atoms with van der Waals surface area (Å²) in [4.78, 5) is 6.80. The van der Waals surface area contributed by atoms with Crippen LogP contribution in [0, 0.1) is 12.3 Å². The molecule has 4 heteroatoms. The van der Waals surface area contributed by atoms with E-state index in [0.29, 0.717) is 6.54 Å². The van der Waals surface area contributed by atoms with Crippen LogP contribution < -0.4 is 5.32 Å². The minimum absolute atomic E-state index is 0.692. The summed E-state index contributed by atoms with van der Waals surface area (Å²) in [7, 11) is 0. The van der Waals surface area contributed by atoms with Gasteiger partial charge in [0.15, 0.2) is 0 Å². The molecule has 1 aromatic heterocycles. The number of nitrogens with zero attached hydrogens (tertiary/aromatic N) is 2. The van der Waals surface area contributed by atoms with E-state index in [0.717, 1.165) is 43.3 Å². The maximum atomic E-state index is 5.33. The fraction of sp³-hybridized carbons (Fsp3) is 0.615. The summed E-state index contributed by atoms with van der Waals surface area (Å²) in [6.45, 7) is 8.72. The highest BCUT2D eigenvalue weighted by atomic mass is 32.1. The van der Waals surface area contributed by atoms with Crippen LogP contribution in [0.15, 0.2) is 5.38 Å². The Kier molecular flexibility index (Phi) is 6.87. The third-order valence-electron chi connectivity index (χ3n) is 2.45. The Hall–Kier alpha value is -0.890. The van der Waals surface area contributed by atoms with E-state index < -0.39 is 0 Å². The van der Waals surface area contributed by atoms with Gasteiger partial charge in [0.1, 0.15) is 5.01 Å². The zero-order valence-electron chi connectivity index (χ0n) is 10.7. The smallest absolute Gasteiger partial charge is 0.107 e. The highest BCUT2D eigenvalue weighted by Gasteiger charge is 2.06. The van der Waals surface area contributed by atoms with Gasteiger partial charge in [-0.15, -0.1) is 17.8 Å². The summed E-state index contributed by atoms with van der Waals surface area (Å²) in [5.74, 6) is 2.68. The largest absolute Gasteiger partial charge is 0.310 e. The molecule has 3 nitrogen and oxygen atoms in total. The second-order valence-electron chi connectivity index (χ2n) is 3.92. The average Bonchev–Trinajstić information content (AvgIpc) is 2.77. The van der Waals surface area contributed by atoms with Gasteiger partial charge in [0.25, 0.3) is 0 Å². The van der Waals surface area contributed by atoms with Gasteiger partial charge in [-0.05, 0) is 19.5 Å². The third kappa shape index (κ3) is 5.31. The van der Waals surface area contributed by atoms with E-state index in [1.165, 1.54) is 0 Å². The Balaban J connectivity index is 2.41. The standard InChI is InChI=1S/C13H21N3S/c1-4-7-14-9-13-15-12(11-17-13)10-16(6-3)8-5-2/h2,11,14H,4,6-10H2,1,3H3. The number of terminal acetylenes is 1. The summed E-state index contributed by atoms with van der Waals surface area (Å²) >= 11 is 1.72. The molecule has 0 aromatic carbocycles. The molecule has 0 spiro atoms. The molecule has 0 aliphatic rings. The first-order valence-electron chi connectivity index (χ1n) is 6.10. The lowest BCUT2D eigenvalue weighted by Crippen LogP contribution is -2.23. The fourth-order valence-corrected chi connectivity index (χ4v) is 2.27. The maximum Gasteiger partial charge on any atom is 0.107 e. The van der Waals surface area contributed by atoms with Gasteiger partial charge in [0.2, 0.25) is 0 Å². The summed E-state index contributed by atoms with van der Waals surface area (Å²) < 4.78 is 0. The van der Waals surface area contributed by atoms with Crippen molar-refractivity contribution in [2.45, 2.75) is 33.4 Å². The number of nitrogens with one attached hydrogen (secondary N) is 1. The van der Waals surface area contributed by atoms with Crippen molar-refractivity contribution >= 4 is 11.3 Å². The lowest BCUT2D eigenvalue weighted by atomic mass is 10.4. The van der Waals surface area contributed by atoms with Crippen molar-refractivity contribution in [3.8, 4) is 12.3 Å². The van der Waals surface area contributed by atoms with Crippen LogP contribution in [0.3, 0.4) is 0 Å². The van der Waals surface area contributed by atoms with E-state index in [9.17, 15) is 0 Å². The Morgan fingerprint density at radius 2 is 2.35 bits per heavy atom. The molecule has 1 rings (SSSR count). The van der Waals surface area contributed by atoms with Crippen LogP contribution in [0.25, 0.3) is 0 Å². The van der Waals surface area contributed by atoms with Crippen LogP contribution >= 0.6 is 11.3 Å². The van der Waals surface area contributed by atoms with Gasteiger partial charge < -0.3 is 5.32 Å². The highest BCUT2D eigenvalue weighted by molar-refractivity contribution is 7.09. The van der Waals surface area contributed by atoms with Crippen molar-refractivity contribution in [2.24, 2.45) is 0 Å². The lowest BCUT2D eigenvalue weighted by Gasteiger charge is -2.15. The summed E-state index contributed by atoms with van der Waals surface area (Å²) in [6, 6.07) is 0. The van der Waals surface area contributed by atoms with Crippen molar-refractivity contribution in [2.75, 3.05) is 19.6 Å². The Morgan fingerprint density at radius 1 is 1.53 bits per heavy atom. The minimum Gasteiger partial charge on any atom is -0.310 e. The topological polar surface area (TPSA) is 28.2 Å². The van der Waals surface area contributed by atoms with Crippen molar-refractivity contribution in [1.29, 1.82) is 0 Å². The Labute approximate surface area is 108 Å². The first kappa shape index (κ1) is 14.2. The molecule has 0 aliphatic carbocycles. The van der Waals surface area contributed by atoms with E-state index >= 15 is 0 Å². The van der Waals surface area contributed by atoms with Gasteiger partial charge >= 0.3 is 0 Å². The van der Waals surface area contributed by atoms with E-state index in [1.54, 1.807) is 11.3 Å². The monoisotopic (exact) mass is 251 g/mol. The second-order valence-corrected chi connectivity index (χ2v) is 4.86. The van der Waals surface area contributed by atoms with Crippen molar-refractivity contribution < 1.29 is 0 Å². The normalized spacial score (nSPS) is 10.7. The molecule has 0 bridgehead atoms. The van der Waals surface area contributed by atoms with Gasteiger partial charge in [0.05, 0.1) is 12.2 Å². The number of hydrogen-bond donors (Lipinski definition) is 1. The van der Waals surface area contributed by atoms with E-state index in [2.05, 4.69) is 40.3 Å². The quantitative estimate of drug-likeness (QED) is 0.566. The van der Waals surface area contributed by atoms with Crippen LogP contribution in [0.4, 0.5) is 0 Å². The summed E-state index contributed by atoms with van der Waals surface area (Å²) in [5, 5.41) is 6.64. The predicted molar refractivity (Wildman–Crippen MR) is 73.9 cm³/mol.